The summed E-state index contributed by atoms with van der Waals surface area (Å²) in [5, 5.41) is 10.9. The van der Waals surface area contributed by atoms with Gasteiger partial charge in [-0.25, -0.2) is 0 Å². The zero-order chi connectivity index (χ0) is 20.9. The Kier molecular flexibility index (Phi) is 9.89. The van der Waals surface area contributed by atoms with E-state index in [1.165, 1.54) is 11.1 Å². The number of nitrogens with zero attached hydrogens (tertiary/aromatic N) is 3. The van der Waals surface area contributed by atoms with Gasteiger partial charge in [0.05, 0.1) is 19.4 Å². The van der Waals surface area contributed by atoms with Crippen LogP contribution in [0.15, 0.2) is 35.6 Å². The van der Waals surface area contributed by atoms with Crippen LogP contribution in [0.2, 0.25) is 0 Å². The number of aliphatic imine (C=N–C) groups is 1. The Morgan fingerprint density at radius 1 is 1.03 bits per heavy atom. The SMILES string of the molecule is CCNC(=NCCCc1cnn(C)c1)NCCc1ccc(OCC)c(OCC)c1. The van der Waals surface area contributed by atoms with Crippen molar-refractivity contribution in [1.29, 1.82) is 0 Å². The molecule has 2 N–H and O–H groups in total. The molecule has 0 amide bonds. The van der Waals surface area contributed by atoms with Gasteiger partial charge in [-0.15, -0.1) is 0 Å². The maximum Gasteiger partial charge on any atom is 0.191 e. The van der Waals surface area contributed by atoms with Crippen molar-refractivity contribution in [2.45, 2.75) is 40.0 Å². The molecule has 0 fully saturated rings. The predicted molar refractivity (Wildman–Crippen MR) is 118 cm³/mol. The molecule has 0 saturated carbocycles. The smallest absolute Gasteiger partial charge is 0.191 e. The highest BCUT2D eigenvalue weighted by Crippen LogP contribution is 2.28. The van der Waals surface area contributed by atoms with Gasteiger partial charge in [0.1, 0.15) is 0 Å². The average molecular weight is 402 g/mol. The Balaban J connectivity index is 1.82. The van der Waals surface area contributed by atoms with Gasteiger partial charge in [-0.05, 0) is 63.3 Å². The quantitative estimate of drug-likeness (QED) is 0.325. The van der Waals surface area contributed by atoms with Crippen LogP contribution in [-0.2, 0) is 19.9 Å². The van der Waals surface area contributed by atoms with E-state index in [0.717, 1.165) is 56.4 Å². The van der Waals surface area contributed by atoms with Gasteiger partial charge in [-0.2, -0.15) is 5.10 Å². The largest absolute Gasteiger partial charge is 0.490 e. The minimum absolute atomic E-state index is 0.623. The van der Waals surface area contributed by atoms with Crippen LogP contribution in [0.5, 0.6) is 11.5 Å². The van der Waals surface area contributed by atoms with Crippen LogP contribution in [0.3, 0.4) is 0 Å². The summed E-state index contributed by atoms with van der Waals surface area (Å²) < 4.78 is 13.2. The van der Waals surface area contributed by atoms with E-state index < -0.39 is 0 Å². The minimum Gasteiger partial charge on any atom is -0.490 e. The Morgan fingerprint density at radius 3 is 2.52 bits per heavy atom. The Bertz CT molecular complexity index is 757. The fraction of sp³-hybridized carbons (Fsp3) is 0.545. The topological polar surface area (TPSA) is 72.7 Å². The molecule has 2 rings (SSSR count). The first-order valence-corrected chi connectivity index (χ1v) is 10.5. The van der Waals surface area contributed by atoms with Crippen molar-refractivity contribution in [1.82, 2.24) is 20.4 Å². The fourth-order valence-electron chi connectivity index (χ4n) is 2.99. The number of aryl methyl sites for hydroxylation is 2. The lowest BCUT2D eigenvalue weighted by molar-refractivity contribution is 0.287. The summed E-state index contributed by atoms with van der Waals surface area (Å²) in [6, 6.07) is 6.14. The molecule has 0 aliphatic heterocycles. The molecule has 0 bridgehead atoms. The second-order valence-corrected chi connectivity index (χ2v) is 6.71. The van der Waals surface area contributed by atoms with Crippen LogP contribution in [0.1, 0.15) is 38.3 Å². The number of guanidine groups is 1. The summed E-state index contributed by atoms with van der Waals surface area (Å²) in [6.45, 7) is 9.71. The molecular formula is C22H35N5O2. The standard InChI is InChI=1S/C22H35N5O2/c1-5-23-22(24-13-8-9-19-16-26-27(4)17-19)25-14-12-18-10-11-20(28-6-2)21(15-18)29-7-3/h10-11,15-17H,5-9,12-14H2,1-4H3,(H2,23,24,25). The molecule has 0 saturated heterocycles. The van der Waals surface area contributed by atoms with Gasteiger partial charge in [0.25, 0.3) is 0 Å². The van der Waals surface area contributed by atoms with E-state index in [9.17, 15) is 0 Å². The zero-order valence-corrected chi connectivity index (χ0v) is 18.2. The molecule has 0 aliphatic carbocycles. The number of nitrogens with one attached hydrogen (secondary N) is 2. The fourth-order valence-corrected chi connectivity index (χ4v) is 2.99. The van der Waals surface area contributed by atoms with Crippen molar-refractivity contribution >= 4 is 5.96 Å². The highest BCUT2D eigenvalue weighted by atomic mass is 16.5. The third kappa shape index (κ3) is 8.05. The maximum atomic E-state index is 5.71. The molecule has 1 aromatic heterocycles. The summed E-state index contributed by atoms with van der Waals surface area (Å²) >= 11 is 0. The first-order chi connectivity index (χ1) is 14.2. The third-order valence-corrected chi connectivity index (χ3v) is 4.31. The normalized spacial score (nSPS) is 11.4. The number of hydrogen-bond acceptors (Lipinski definition) is 4. The molecular weight excluding hydrogens is 366 g/mol. The molecule has 1 aromatic carbocycles. The highest BCUT2D eigenvalue weighted by Gasteiger charge is 2.06. The molecule has 1 heterocycles. The summed E-state index contributed by atoms with van der Waals surface area (Å²) in [5.41, 5.74) is 2.46. The van der Waals surface area contributed by atoms with Crippen molar-refractivity contribution in [3.8, 4) is 11.5 Å². The Morgan fingerprint density at radius 2 is 1.83 bits per heavy atom. The molecule has 0 unspecified atom stereocenters. The summed E-state index contributed by atoms with van der Waals surface area (Å²) in [4.78, 5) is 4.67. The maximum absolute atomic E-state index is 5.71. The van der Waals surface area contributed by atoms with Gasteiger partial charge in [0.15, 0.2) is 17.5 Å². The van der Waals surface area contributed by atoms with Crippen LogP contribution in [0.25, 0.3) is 0 Å². The van der Waals surface area contributed by atoms with Gasteiger partial charge >= 0.3 is 0 Å². The third-order valence-electron chi connectivity index (χ3n) is 4.31. The number of benzene rings is 1. The molecule has 2 aromatic rings. The molecule has 7 nitrogen and oxygen atoms in total. The second kappa shape index (κ2) is 12.7. The second-order valence-electron chi connectivity index (χ2n) is 6.71. The van der Waals surface area contributed by atoms with Crippen molar-refractivity contribution in [3.63, 3.8) is 0 Å². The monoisotopic (exact) mass is 401 g/mol. The number of ether oxygens (including phenoxy) is 2. The van der Waals surface area contributed by atoms with E-state index in [1.54, 1.807) is 0 Å². The first kappa shape index (κ1) is 22.6. The summed E-state index contributed by atoms with van der Waals surface area (Å²) in [6.07, 6.45) is 6.84. The van der Waals surface area contributed by atoms with Crippen LogP contribution in [-0.4, -0.2) is 48.6 Å². The molecule has 0 spiro atoms. The van der Waals surface area contributed by atoms with E-state index in [4.69, 9.17) is 9.47 Å². The lowest BCUT2D eigenvalue weighted by Gasteiger charge is -2.14. The summed E-state index contributed by atoms with van der Waals surface area (Å²) in [7, 11) is 1.94. The average Bonchev–Trinajstić information content (AvgIpc) is 3.12. The zero-order valence-electron chi connectivity index (χ0n) is 18.2. The van der Waals surface area contributed by atoms with Gasteiger partial charge in [-0.1, -0.05) is 6.07 Å². The van der Waals surface area contributed by atoms with E-state index in [0.29, 0.717) is 13.2 Å². The van der Waals surface area contributed by atoms with Crippen LogP contribution < -0.4 is 20.1 Å². The summed E-state index contributed by atoms with van der Waals surface area (Å²) in [5.74, 6) is 2.46. The van der Waals surface area contributed by atoms with Crippen molar-refractivity contribution in [3.05, 3.63) is 41.7 Å². The van der Waals surface area contributed by atoms with Crippen molar-refractivity contribution < 1.29 is 9.47 Å². The minimum atomic E-state index is 0.623. The lowest BCUT2D eigenvalue weighted by Crippen LogP contribution is -2.38. The van der Waals surface area contributed by atoms with Gasteiger partial charge in [0.2, 0.25) is 0 Å². The molecule has 0 atom stereocenters. The van der Waals surface area contributed by atoms with E-state index in [2.05, 4.69) is 46.0 Å². The van der Waals surface area contributed by atoms with Crippen LogP contribution in [0, 0.1) is 0 Å². The molecule has 29 heavy (non-hydrogen) atoms. The van der Waals surface area contributed by atoms with Gasteiger partial charge < -0.3 is 20.1 Å². The first-order valence-electron chi connectivity index (χ1n) is 10.5. The molecule has 160 valence electrons. The highest BCUT2D eigenvalue weighted by molar-refractivity contribution is 5.79. The molecule has 0 radical (unpaired) electrons. The predicted octanol–water partition coefficient (Wildman–Crippen LogP) is 2.95. The number of hydrogen-bond donors (Lipinski definition) is 2. The van der Waals surface area contributed by atoms with Gasteiger partial charge in [0, 0.05) is 32.9 Å². The van der Waals surface area contributed by atoms with Crippen LogP contribution in [0.4, 0.5) is 0 Å². The van der Waals surface area contributed by atoms with E-state index >= 15 is 0 Å². The lowest BCUT2D eigenvalue weighted by atomic mass is 10.1. The number of aromatic nitrogens is 2. The Labute approximate surface area is 174 Å². The van der Waals surface area contributed by atoms with E-state index in [-0.39, 0.29) is 0 Å². The van der Waals surface area contributed by atoms with Crippen molar-refractivity contribution in [2.75, 3.05) is 32.8 Å². The van der Waals surface area contributed by atoms with Gasteiger partial charge in [-0.3, -0.25) is 9.67 Å². The Hall–Kier alpha value is -2.70. The van der Waals surface area contributed by atoms with Crippen LogP contribution >= 0.6 is 0 Å². The van der Waals surface area contributed by atoms with Crippen molar-refractivity contribution in [2.24, 2.45) is 12.0 Å². The molecule has 0 aliphatic rings. The van der Waals surface area contributed by atoms with E-state index in [1.807, 2.05) is 37.8 Å². The molecule has 7 heteroatoms. The number of rotatable bonds is 12.